The maximum absolute atomic E-state index is 4.81. The fourth-order valence-corrected chi connectivity index (χ4v) is 6.40. The van der Waals surface area contributed by atoms with E-state index in [9.17, 15) is 0 Å². The molecule has 0 radical (unpaired) electrons. The van der Waals surface area contributed by atoms with Crippen LogP contribution in [-0.4, -0.2) is 44.1 Å². The number of nitrogens with zero attached hydrogens (tertiary/aromatic N) is 3. The molecule has 0 bridgehead atoms. The topological polar surface area (TPSA) is 40.0 Å². The summed E-state index contributed by atoms with van der Waals surface area (Å²) >= 11 is 0. The summed E-state index contributed by atoms with van der Waals surface area (Å²) in [6, 6.07) is 0. The number of unbranched alkanes of at least 4 members (excludes halogenated alkanes) is 18. The van der Waals surface area contributed by atoms with Gasteiger partial charge in [0.25, 0.3) is 0 Å². The molecule has 0 rings (SSSR count). The third-order valence-electron chi connectivity index (χ3n) is 9.37. The highest BCUT2D eigenvalue weighted by atomic mass is 15.3. The van der Waals surface area contributed by atoms with Crippen molar-refractivity contribution in [3.63, 3.8) is 0 Å². The summed E-state index contributed by atoms with van der Waals surface area (Å²) in [6.07, 6.45) is 55.0. The van der Waals surface area contributed by atoms with Gasteiger partial charge < -0.3 is 4.90 Å². The first-order valence-corrected chi connectivity index (χ1v) is 21.4. The molecule has 0 aliphatic heterocycles. The average Bonchev–Trinajstić information content (AvgIpc) is 3.08. The second-order valence-electron chi connectivity index (χ2n) is 15.7. The lowest BCUT2D eigenvalue weighted by Crippen LogP contribution is -2.29. The van der Waals surface area contributed by atoms with Crippen molar-refractivity contribution in [2.75, 3.05) is 27.2 Å². The van der Waals surface area contributed by atoms with Gasteiger partial charge in [-0.1, -0.05) is 153 Å². The van der Waals surface area contributed by atoms with Gasteiger partial charge >= 0.3 is 0 Å². The van der Waals surface area contributed by atoms with Crippen LogP contribution in [0.15, 0.2) is 58.7 Å². The Balaban J connectivity index is 4.27. The summed E-state index contributed by atoms with van der Waals surface area (Å²) in [5.74, 6) is 0. The first-order valence-electron chi connectivity index (χ1n) is 21.4. The highest BCUT2D eigenvalue weighted by Gasteiger charge is 2.17. The van der Waals surface area contributed by atoms with Gasteiger partial charge in [-0.3, -0.25) is 10.4 Å². The van der Waals surface area contributed by atoms with Gasteiger partial charge in [-0.2, -0.15) is 5.10 Å². The van der Waals surface area contributed by atoms with E-state index >= 15 is 0 Å². The summed E-state index contributed by atoms with van der Waals surface area (Å²) in [4.78, 5) is 6.88. The molecule has 0 aromatic rings. The van der Waals surface area contributed by atoms with Crippen LogP contribution in [0.25, 0.3) is 0 Å². The van der Waals surface area contributed by atoms with Crippen LogP contribution in [0.5, 0.6) is 0 Å². The Bertz CT molecular complexity index is 827. The van der Waals surface area contributed by atoms with E-state index in [4.69, 9.17) is 5.10 Å². The van der Waals surface area contributed by atoms with Crippen LogP contribution in [-0.2, 0) is 0 Å². The lowest BCUT2D eigenvalue weighted by Gasteiger charge is -2.27. The Morgan fingerprint density at radius 1 is 0.540 bits per heavy atom. The van der Waals surface area contributed by atoms with Crippen LogP contribution in [0.4, 0.5) is 0 Å². The molecule has 0 saturated carbocycles. The molecular formula is C46H86N4. The van der Waals surface area contributed by atoms with Gasteiger partial charge in [0.2, 0.25) is 0 Å². The SMILES string of the molecule is CCCCC/C=C\C/C=C\CCCCCCCCC(CCCCCCCC/C=C\C/C=C\CCCCC)=NNC=NCCC(C)(C)CN(C)C. The molecule has 0 aliphatic carbocycles. The predicted molar refractivity (Wildman–Crippen MR) is 229 cm³/mol. The summed E-state index contributed by atoms with van der Waals surface area (Å²) in [6.45, 7) is 11.1. The van der Waals surface area contributed by atoms with Gasteiger partial charge in [0.1, 0.15) is 6.34 Å². The number of aliphatic imine (C=N–C) groups is 1. The molecule has 1 N–H and O–H groups in total. The molecule has 0 atom stereocenters. The van der Waals surface area contributed by atoms with Crippen LogP contribution in [0.2, 0.25) is 0 Å². The quantitative estimate of drug-likeness (QED) is 0.0231. The van der Waals surface area contributed by atoms with E-state index in [-0.39, 0.29) is 5.41 Å². The molecular weight excluding hydrogens is 609 g/mol. The summed E-state index contributed by atoms with van der Waals surface area (Å²) in [5, 5.41) is 4.81. The van der Waals surface area contributed by atoms with Crippen LogP contribution < -0.4 is 5.43 Å². The number of hydrazone groups is 1. The minimum Gasteiger partial charge on any atom is -0.309 e. The maximum atomic E-state index is 4.81. The Hall–Kier alpha value is -1.94. The molecule has 0 fully saturated rings. The molecule has 0 aromatic carbocycles. The van der Waals surface area contributed by atoms with Crippen molar-refractivity contribution in [2.45, 2.75) is 201 Å². The average molecular weight is 695 g/mol. The number of nitrogens with one attached hydrogen (secondary N) is 1. The van der Waals surface area contributed by atoms with Gasteiger partial charge in [0.15, 0.2) is 0 Å². The van der Waals surface area contributed by atoms with E-state index in [0.29, 0.717) is 0 Å². The van der Waals surface area contributed by atoms with E-state index in [0.717, 1.165) is 45.2 Å². The van der Waals surface area contributed by atoms with Crippen molar-refractivity contribution in [3.05, 3.63) is 48.6 Å². The fourth-order valence-electron chi connectivity index (χ4n) is 6.40. The second-order valence-corrected chi connectivity index (χ2v) is 15.7. The molecule has 0 saturated heterocycles. The van der Waals surface area contributed by atoms with Gasteiger partial charge in [-0.05, 0) is 116 Å². The first-order chi connectivity index (χ1) is 24.4. The molecule has 4 heteroatoms. The highest BCUT2D eigenvalue weighted by Crippen LogP contribution is 2.20. The third kappa shape index (κ3) is 38.9. The van der Waals surface area contributed by atoms with Gasteiger partial charge in [0, 0.05) is 18.8 Å². The standard InChI is InChI=1S/C46H86N4/c1-7-9-11-13-15-17-19-21-23-25-27-29-31-33-35-37-39-45(49-48-44-47-42-41-46(3,4)43-50(5)6)40-38-36-34-32-30-28-26-24-22-20-18-16-14-12-10-8-2/h15-18,21-24,44H,7-14,19-20,25-43H2,1-6H3,(H,47,48)/b17-15-,18-16-,23-21-,24-22-. The van der Waals surface area contributed by atoms with Crippen molar-refractivity contribution in [1.29, 1.82) is 0 Å². The third-order valence-corrected chi connectivity index (χ3v) is 9.37. The van der Waals surface area contributed by atoms with Crippen LogP contribution in [0, 0.1) is 5.41 Å². The molecule has 290 valence electrons. The Morgan fingerprint density at radius 3 is 1.36 bits per heavy atom. The van der Waals surface area contributed by atoms with E-state index in [1.54, 1.807) is 0 Å². The van der Waals surface area contributed by atoms with Crippen LogP contribution >= 0.6 is 0 Å². The molecule has 0 amide bonds. The number of rotatable bonds is 37. The molecule has 0 spiro atoms. The molecule has 0 aromatic heterocycles. The van der Waals surface area contributed by atoms with Crippen molar-refractivity contribution >= 4 is 12.1 Å². The van der Waals surface area contributed by atoms with Crippen LogP contribution in [0.1, 0.15) is 201 Å². The van der Waals surface area contributed by atoms with E-state index < -0.39 is 0 Å². The zero-order valence-corrected chi connectivity index (χ0v) is 34.5. The first kappa shape index (κ1) is 48.1. The maximum Gasteiger partial charge on any atom is 0.103 e. The Kier molecular flexibility index (Phi) is 36.8. The minimum atomic E-state index is 0.276. The van der Waals surface area contributed by atoms with E-state index in [1.165, 1.54) is 147 Å². The minimum absolute atomic E-state index is 0.276. The van der Waals surface area contributed by atoms with Gasteiger partial charge in [-0.15, -0.1) is 0 Å². The lowest BCUT2D eigenvalue weighted by molar-refractivity contribution is 0.229. The van der Waals surface area contributed by atoms with Crippen LogP contribution in [0.3, 0.4) is 0 Å². The number of allylic oxidation sites excluding steroid dienone is 8. The monoisotopic (exact) mass is 695 g/mol. The number of hydrogen-bond acceptors (Lipinski definition) is 3. The zero-order valence-electron chi connectivity index (χ0n) is 34.5. The van der Waals surface area contributed by atoms with E-state index in [2.05, 4.69) is 106 Å². The second kappa shape index (κ2) is 38.3. The van der Waals surface area contributed by atoms with Crippen molar-refractivity contribution in [1.82, 2.24) is 10.3 Å². The largest absolute Gasteiger partial charge is 0.309 e. The molecule has 0 heterocycles. The Morgan fingerprint density at radius 2 is 0.940 bits per heavy atom. The van der Waals surface area contributed by atoms with Gasteiger partial charge in [0.05, 0.1) is 0 Å². The highest BCUT2D eigenvalue weighted by molar-refractivity contribution is 5.84. The summed E-state index contributed by atoms with van der Waals surface area (Å²) in [5.41, 5.74) is 4.79. The normalized spacial score (nSPS) is 12.7. The fraction of sp³-hybridized carbons (Fsp3) is 0.783. The molecule has 50 heavy (non-hydrogen) atoms. The number of hydrogen-bond donors (Lipinski definition) is 1. The van der Waals surface area contributed by atoms with Crippen molar-refractivity contribution in [3.8, 4) is 0 Å². The Labute approximate surface area is 313 Å². The molecule has 0 unspecified atom stereocenters. The lowest BCUT2D eigenvalue weighted by atomic mass is 9.89. The summed E-state index contributed by atoms with van der Waals surface area (Å²) < 4.78 is 0. The predicted octanol–water partition coefficient (Wildman–Crippen LogP) is 14.3. The van der Waals surface area contributed by atoms with Crippen molar-refractivity contribution < 1.29 is 0 Å². The zero-order chi connectivity index (χ0) is 36.6. The molecule has 4 nitrogen and oxygen atoms in total. The summed E-state index contributed by atoms with van der Waals surface area (Å²) in [7, 11) is 4.29. The van der Waals surface area contributed by atoms with Gasteiger partial charge in [-0.25, -0.2) is 0 Å². The van der Waals surface area contributed by atoms with E-state index in [1.807, 2.05) is 6.34 Å². The smallest absolute Gasteiger partial charge is 0.103 e. The van der Waals surface area contributed by atoms with Crippen molar-refractivity contribution in [2.24, 2.45) is 15.5 Å². The molecule has 0 aliphatic rings.